The molecule has 1 aromatic rings. The van der Waals surface area contributed by atoms with Gasteiger partial charge in [0, 0.05) is 13.5 Å². The van der Waals surface area contributed by atoms with Gasteiger partial charge in [-0.15, -0.1) is 0 Å². The first-order valence-electron chi connectivity index (χ1n) is 5.44. The molecule has 0 spiro atoms. The molecule has 0 bridgehead atoms. The second kappa shape index (κ2) is 4.61. The normalized spacial score (nSPS) is 24.6. The van der Waals surface area contributed by atoms with Gasteiger partial charge in [-0.3, -0.25) is 4.79 Å². The van der Waals surface area contributed by atoms with E-state index < -0.39 is 0 Å². The number of nitrogens with zero attached hydrogens (tertiary/aromatic N) is 2. The Hall–Kier alpha value is -1.43. The summed E-state index contributed by atoms with van der Waals surface area (Å²) in [5.41, 5.74) is 0. The smallest absolute Gasteiger partial charge is 0.225 e. The van der Waals surface area contributed by atoms with Crippen LogP contribution in [0.3, 0.4) is 0 Å². The summed E-state index contributed by atoms with van der Waals surface area (Å²) < 4.78 is 4.82. The summed E-state index contributed by atoms with van der Waals surface area (Å²) in [5, 5.41) is 9.73. The Kier molecular flexibility index (Phi) is 3.19. The summed E-state index contributed by atoms with van der Waals surface area (Å²) >= 11 is 0. The molecule has 1 fully saturated rings. The summed E-state index contributed by atoms with van der Waals surface area (Å²) in [6.07, 6.45) is 0. The number of carbonyl (C=O) groups excluding carboxylic acids is 1. The van der Waals surface area contributed by atoms with Gasteiger partial charge in [0.1, 0.15) is 0 Å². The number of hydrogen-bond donors (Lipinski definition) is 2. The molecule has 16 heavy (non-hydrogen) atoms. The van der Waals surface area contributed by atoms with E-state index in [2.05, 4.69) is 27.7 Å². The summed E-state index contributed by atoms with van der Waals surface area (Å²) in [7, 11) is 0. The largest absolute Gasteiger partial charge is 0.348 e. The van der Waals surface area contributed by atoms with Gasteiger partial charge in [-0.2, -0.15) is 4.98 Å². The Morgan fingerprint density at radius 2 is 2.44 bits per heavy atom. The molecule has 2 N–H and O–H groups in total. The number of aryl methyl sites for hydroxylation is 1. The molecule has 0 radical (unpaired) electrons. The van der Waals surface area contributed by atoms with Gasteiger partial charge in [0.05, 0.1) is 12.5 Å². The van der Waals surface area contributed by atoms with Gasteiger partial charge in [-0.25, -0.2) is 0 Å². The average molecular weight is 224 g/mol. The molecule has 1 saturated heterocycles. The summed E-state index contributed by atoms with van der Waals surface area (Å²) in [6.45, 7) is 5.78. The van der Waals surface area contributed by atoms with E-state index in [1.807, 2.05) is 0 Å². The molecule has 0 aliphatic carbocycles. The summed E-state index contributed by atoms with van der Waals surface area (Å²) in [4.78, 5) is 15.8. The minimum Gasteiger partial charge on any atom is -0.348 e. The lowest BCUT2D eigenvalue weighted by Gasteiger charge is -2.12. The Morgan fingerprint density at radius 1 is 1.62 bits per heavy atom. The third-order valence-electron chi connectivity index (χ3n) is 2.84. The van der Waals surface area contributed by atoms with Gasteiger partial charge < -0.3 is 15.2 Å². The fourth-order valence-corrected chi connectivity index (χ4v) is 1.87. The maximum absolute atomic E-state index is 11.8. The number of nitrogens with one attached hydrogen (secondary N) is 2. The zero-order valence-corrected chi connectivity index (χ0v) is 9.49. The third kappa shape index (κ3) is 2.38. The number of hydrogen-bond acceptors (Lipinski definition) is 5. The van der Waals surface area contributed by atoms with Gasteiger partial charge in [0.2, 0.25) is 11.8 Å². The number of rotatable bonds is 3. The first-order valence-corrected chi connectivity index (χ1v) is 5.44. The van der Waals surface area contributed by atoms with E-state index in [-0.39, 0.29) is 11.8 Å². The molecule has 1 aliphatic heterocycles. The molecule has 0 saturated carbocycles. The molecule has 6 nitrogen and oxygen atoms in total. The van der Waals surface area contributed by atoms with Crippen LogP contribution in [0.15, 0.2) is 4.52 Å². The van der Waals surface area contributed by atoms with Crippen molar-refractivity contribution in [1.82, 2.24) is 20.8 Å². The molecule has 2 unspecified atom stereocenters. The minimum absolute atomic E-state index is 0.0491. The molecule has 6 heteroatoms. The molecule has 2 heterocycles. The van der Waals surface area contributed by atoms with Crippen LogP contribution >= 0.6 is 0 Å². The van der Waals surface area contributed by atoms with Crippen molar-refractivity contribution in [2.45, 2.75) is 20.4 Å². The second-order valence-corrected chi connectivity index (χ2v) is 4.19. The third-order valence-corrected chi connectivity index (χ3v) is 2.84. The highest BCUT2D eigenvalue weighted by Gasteiger charge is 2.29. The average Bonchev–Trinajstić information content (AvgIpc) is 2.84. The van der Waals surface area contributed by atoms with Crippen LogP contribution in [-0.2, 0) is 11.3 Å². The molecule has 1 amide bonds. The highest BCUT2D eigenvalue weighted by molar-refractivity contribution is 5.79. The maximum atomic E-state index is 11.8. The lowest BCUT2D eigenvalue weighted by Crippen LogP contribution is -2.34. The molecular weight excluding hydrogens is 208 g/mol. The fraction of sp³-hybridized carbons (Fsp3) is 0.700. The van der Waals surface area contributed by atoms with Crippen molar-refractivity contribution in [3.8, 4) is 0 Å². The van der Waals surface area contributed by atoms with Crippen LogP contribution < -0.4 is 10.6 Å². The Labute approximate surface area is 93.8 Å². The van der Waals surface area contributed by atoms with Crippen LogP contribution in [0.1, 0.15) is 18.6 Å². The van der Waals surface area contributed by atoms with Crippen molar-refractivity contribution in [2.24, 2.45) is 11.8 Å². The van der Waals surface area contributed by atoms with Crippen molar-refractivity contribution in [1.29, 1.82) is 0 Å². The minimum atomic E-state index is 0.0491. The summed E-state index contributed by atoms with van der Waals surface area (Å²) in [5.74, 6) is 1.52. The van der Waals surface area contributed by atoms with Crippen LogP contribution in [0.5, 0.6) is 0 Å². The van der Waals surface area contributed by atoms with Gasteiger partial charge >= 0.3 is 0 Å². The molecular formula is C10H16N4O2. The molecule has 1 aliphatic rings. The van der Waals surface area contributed by atoms with Crippen molar-refractivity contribution >= 4 is 5.91 Å². The van der Waals surface area contributed by atoms with Crippen LogP contribution in [0.4, 0.5) is 0 Å². The maximum Gasteiger partial charge on any atom is 0.225 e. The summed E-state index contributed by atoms with van der Waals surface area (Å²) in [6, 6.07) is 0. The van der Waals surface area contributed by atoms with E-state index in [0.717, 1.165) is 13.1 Å². The highest BCUT2D eigenvalue weighted by atomic mass is 16.5. The van der Waals surface area contributed by atoms with Crippen LogP contribution in [0.2, 0.25) is 0 Å². The predicted octanol–water partition coefficient (Wildman–Crippen LogP) is -0.150. The standard InChI is InChI=1S/C10H16N4O2/c1-6-3-11-4-8(6)10(15)12-5-9-13-7(2)16-14-9/h6,8,11H,3-5H2,1-2H3,(H,12,15). The number of amides is 1. The van der Waals surface area contributed by atoms with E-state index >= 15 is 0 Å². The van der Waals surface area contributed by atoms with Crippen molar-refractivity contribution in [2.75, 3.05) is 13.1 Å². The van der Waals surface area contributed by atoms with Crippen molar-refractivity contribution in [3.05, 3.63) is 11.7 Å². The molecule has 2 rings (SSSR count). The number of aromatic nitrogens is 2. The van der Waals surface area contributed by atoms with Crippen molar-refractivity contribution < 1.29 is 9.32 Å². The lowest BCUT2D eigenvalue weighted by atomic mass is 9.97. The van der Waals surface area contributed by atoms with E-state index in [1.165, 1.54) is 0 Å². The molecule has 1 aromatic heterocycles. The van der Waals surface area contributed by atoms with Crippen LogP contribution in [0, 0.1) is 18.8 Å². The van der Waals surface area contributed by atoms with Gasteiger partial charge in [-0.1, -0.05) is 12.1 Å². The monoisotopic (exact) mass is 224 g/mol. The SMILES string of the molecule is Cc1nc(CNC(=O)C2CNCC2C)no1. The van der Waals surface area contributed by atoms with E-state index in [1.54, 1.807) is 6.92 Å². The Balaban J connectivity index is 1.83. The molecule has 88 valence electrons. The molecule has 2 atom stereocenters. The van der Waals surface area contributed by atoms with E-state index in [4.69, 9.17) is 4.52 Å². The zero-order chi connectivity index (χ0) is 11.5. The lowest BCUT2D eigenvalue weighted by molar-refractivity contribution is -0.125. The van der Waals surface area contributed by atoms with Gasteiger partial charge in [0.25, 0.3) is 0 Å². The van der Waals surface area contributed by atoms with Gasteiger partial charge in [0.15, 0.2) is 5.82 Å². The first-order chi connectivity index (χ1) is 7.66. The van der Waals surface area contributed by atoms with Gasteiger partial charge in [-0.05, 0) is 12.5 Å². The topological polar surface area (TPSA) is 80.0 Å². The van der Waals surface area contributed by atoms with Crippen LogP contribution in [0.25, 0.3) is 0 Å². The Bertz CT molecular complexity index is 377. The zero-order valence-electron chi connectivity index (χ0n) is 9.49. The van der Waals surface area contributed by atoms with E-state index in [0.29, 0.717) is 24.2 Å². The highest BCUT2D eigenvalue weighted by Crippen LogP contribution is 2.15. The Morgan fingerprint density at radius 3 is 3.00 bits per heavy atom. The van der Waals surface area contributed by atoms with Crippen molar-refractivity contribution in [3.63, 3.8) is 0 Å². The van der Waals surface area contributed by atoms with Crippen LogP contribution in [-0.4, -0.2) is 29.1 Å². The van der Waals surface area contributed by atoms with E-state index in [9.17, 15) is 4.79 Å². The first kappa shape index (κ1) is 11.1. The quantitative estimate of drug-likeness (QED) is 0.746. The number of carbonyl (C=O) groups is 1. The second-order valence-electron chi connectivity index (χ2n) is 4.19. The predicted molar refractivity (Wildman–Crippen MR) is 56.4 cm³/mol. The fourth-order valence-electron chi connectivity index (χ4n) is 1.87. The molecule has 0 aromatic carbocycles.